The number of guanidine groups is 1. The van der Waals surface area contributed by atoms with Crippen molar-refractivity contribution in [2.75, 3.05) is 20.7 Å². The van der Waals surface area contributed by atoms with Crippen LogP contribution >= 0.6 is 24.0 Å². The Hall–Kier alpha value is -0.890. The number of nitrogens with zero attached hydrogens (tertiary/aromatic N) is 1. The molecule has 1 atom stereocenters. The summed E-state index contributed by atoms with van der Waals surface area (Å²) in [5.74, 6) is 0.521. The van der Waals surface area contributed by atoms with Crippen LogP contribution in [0.15, 0.2) is 23.2 Å². The summed E-state index contributed by atoms with van der Waals surface area (Å²) in [4.78, 5) is 4.20. The van der Waals surface area contributed by atoms with E-state index in [0.29, 0.717) is 24.6 Å². The predicted octanol–water partition coefficient (Wildman–Crippen LogP) is 3.48. The number of rotatable bonds is 5. The summed E-state index contributed by atoms with van der Waals surface area (Å²) in [5, 5.41) is 6.49. The van der Waals surface area contributed by atoms with E-state index in [-0.39, 0.29) is 41.3 Å². The molecule has 0 aliphatic rings. The number of aliphatic imine (C=N–C) groups is 1. The fourth-order valence-corrected chi connectivity index (χ4v) is 2.16. The highest BCUT2D eigenvalue weighted by atomic mass is 127. The molecule has 0 spiro atoms. The number of benzene rings is 1. The lowest BCUT2D eigenvalue weighted by Gasteiger charge is -2.30. The molecule has 4 nitrogen and oxygen atoms in total. The van der Waals surface area contributed by atoms with Crippen molar-refractivity contribution in [3.8, 4) is 0 Å². The molecule has 1 aromatic rings. The van der Waals surface area contributed by atoms with Crippen LogP contribution in [0.1, 0.15) is 31.9 Å². The highest BCUT2D eigenvalue weighted by Gasteiger charge is 2.24. The maximum absolute atomic E-state index is 13.3. The van der Waals surface area contributed by atoms with Gasteiger partial charge in [-0.05, 0) is 29.5 Å². The van der Waals surface area contributed by atoms with Gasteiger partial charge in [-0.25, -0.2) is 4.39 Å². The van der Waals surface area contributed by atoms with Gasteiger partial charge in [0.15, 0.2) is 5.96 Å². The molecule has 0 saturated carbocycles. The number of nitrogens with one attached hydrogen (secondary N) is 2. The van der Waals surface area contributed by atoms with Gasteiger partial charge in [0, 0.05) is 27.2 Å². The zero-order valence-corrected chi connectivity index (χ0v) is 17.2. The van der Waals surface area contributed by atoms with Crippen LogP contribution in [0.25, 0.3) is 0 Å². The Kier molecular flexibility index (Phi) is 9.68. The van der Waals surface area contributed by atoms with Gasteiger partial charge in [-0.1, -0.05) is 32.9 Å². The van der Waals surface area contributed by atoms with E-state index < -0.39 is 0 Å². The van der Waals surface area contributed by atoms with Crippen LogP contribution in [0.2, 0.25) is 0 Å². The molecule has 1 unspecified atom stereocenters. The van der Waals surface area contributed by atoms with Crippen molar-refractivity contribution in [3.63, 3.8) is 0 Å². The van der Waals surface area contributed by atoms with Crippen LogP contribution in [0.4, 0.5) is 4.39 Å². The molecule has 0 radical (unpaired) electrons. The van der Waals surface area contributed by atoms with Gasteiger partial charge in [0.25, 0.3) is 0 Å². The van der Waals surface area contributed by atoms with Gasteiger partial charge in [0.1, 0.15) is 5.82 Å². The van der Waals surface area contributed by atoms with E-state index in [1.807, 2.05) is 6.07 Å². The Morgan fingerprint density at radius 1 is 1.30 bits per heavy atom. The lowest BCUT2D eigenvalue weighted by atomic mass is 9.89. The van der Waals surface area contributed by atoms with E-state index in [4.69, 9.17) is 4.74 Å². The topological polar surface area (TPSA) is 45.7 Å². The van der Waals surface area contributed by atoms with Crippen LogP contribution in [-0.4, -0.2) is 32.8 Å². The zero-order chi connectivity index (χ0) is 16.8. The minimum atomic E-state index is -0.181. The summed E-state index contributed by atoms with van der Waals surface area (Å²) in [7, 11) is 3.44. The third-order valence-electron chi connectivity index (χ3n) is 3.61. The van der Waals surface area contributed by atoms with Crippen molar-refractivity contribution in [1.82, 2.24) is 10.6 Å². The molecule has 0 aromatic heterocycles. The molecule has 1 rings (SSSR count). The van der Waals surface area contributed by atoms with E-state index in [9.17, 15) is 4.39 Å². The third-order valence-corrected chi connectivity index (χ3v) is 3.61. The van der Waals surface area contributed by atoms with E-state index >= 15 is 0 Å². The monoisotopic (exact) mass is 437 g/mol. The second-order valence-electron chi connectivity index (χ2n) is 6.48. The molecule has 0 saturated heterocycles. The first-order chi connectivity index (χ1) is 10.3. The van der Waals surface area contributed by atoms with E-state index in [1.54, 1.807) is 27.1 Å². The van der Waals surface area contributed by atoms with Crippen LogP contribution in [0.3, 0.4) is 0 Å². The fraction of sp³-hybridized carbons (Fsp3) is 0.588. The molecule has 0 aliphatic carbocycles. The Labute approximate surface area is 156 Å². The molecule has 2 N–H and O–H groups in total. The van der Waals surface area contributed by atoms with Crippen LogP contribution in [-0.2, 0) is 11.3 Å². The summed E-state index contributed by atoms with van der Waals surface area (Å²) < 4.78 is 18.8. The van der Waals surface area contributed by atoms with Gasteiger partial charge in [0.2, 0.25) is 0 Å². The molecule has 0 aliphatic heterocycles. The predicted molar refractivity (Wildman–Crippen MR) is 105 cm³/mol. The maximum Gasteiger partial charge on any atom is 0.191 e. The van der Waals surface area contributed by atoms with Gasteiger partial charge < -0.3 is 15.4 Å². The molecular formula is C17H29FIN3O. The second-order valence-corrected chi connectivity index (χ2v) is 6.48. The fourth-order valence-electron chi connectivity index (χ4n) is 2.16. The van der Waals surface area contributed by atoms with Gasteiger partial charge >= 0.3 is 0 Å². The molecule has 23 heavy (non-hydrogen) atoms. The second kappa shape index (κ2) is 10.1. The minimum Gasteiger partial charge on any atom is -0.379 e. The third kappa shape index (κ3) is 7.48. The minimum absolute atomic E-state index is 0. The summed E-state index contributed by atoms with van der Waals surface area (Å²) in [6.07, 6.45) is 0.0825. The largest absolute Gasteiger partial charge is 0.379 e. The molecule has 0 amide bonds. The first-order valence-electron chi connectivity index (χ1n) is 7.50. The normalized spacial score (nSPS) is 13.3. The number of hydrogen-bond donors (Lipinski definition) is 2. The lowest BCUT2D eigenvalue weighted by Crippen LogP contribution is -2.45. The van der Waals surface area contributed by atoms with E-state index in [0.717, 1.165) is 5.56 Å². The molecule has 132 valence electrons. The Bertz CT molecular complexity index is 515. The molecule has 0 heterocycles. The summed E-state index contributed by atoms with van der Waals surface area (Å²) >= 11 is 0. The van der Waals surface area contributed by atoms with Crippen LogP contribution in [0.5, 0.6) is 0 Å². The summed E-state index contributed by atoms with van der Waals surface area (Å²) in [6, 6.07) is 5.10. The summed E-state index contributed by atoms with van der Waals surface area (Å²) in [5.41, 5.74) is 1.71. The van der Waals surface area contributed by atoms with Crippen molar-refractivity contribution in [3.05, 3.63) is 35.1 Å². The van der Waals surface area contributed by atoms with Crippen LogP contribution < -0.4 is 10.6 Å². The molecular weight excluding hydrogens is 408 g/mol. The van der Waals surface area contributed by atoms with Gasteiger partial charge in [-0.15, -0.1) is 24.0 Å². The maximum atomic E-state index is 13.3. The van der Waals surface area contributed by atoms with Crippen LogP contribution in [0, 0.1) is 18.2 Å². The Balaban J connectivity index is 0.00000484. The zero-order valence-electron chi connectivity index (χ0n) is 14.9. The average Bonchev–Trinajstić information content (AvgIpc) is 2.45. The quantitative estimate of drug-likeness (QED) is 0.421. The van der Waals surface area contributed by atoms with Gasteiger partial charge in [0.05, 0.1) is 6.10 Å². The van der Waals surface area contributed by atoms with Crippen molar-refractivity contribution < 1.29 is 9.13 Å². The number of halogens is 2. The van der Waals surface area contributed by atoms with Gasteiger partial charge in [-0.2, -0.15) is 0 Å². The highest BCUT2D eigenvalue weighted by Crippen LogP contribution is 2.20. The van der Waals surface area contributed by atoms with Crippen molar-refractivity contribution >= 4 is 29.9 Å². The molecule has 0 fully saturated rings. The molecule has 1 aromatic carbocycles. The number of ether oxygens (including phenoxy) is 1. The number of aryl methyl sites for hydroxylation is 1. The number of methoxy groups -OCH3 is 1. The number of hydrogen-bond acceptors (Lipinski definition) is 2. The average molecular weight is 437 g/mol. The first kappa shape index (κ1) is 22.1. The SMILES string of the molecule is CN=C(NCc1ccc(F)c(C)c1)NCC(OC)C(C)(C)C.I. The Morgan fingerprint density at radius 2 is 1.96 bits per heavy atom. The van der Waals surface area contributed by atoms with Gasteiger partial charge in [-0.3, -0.25) is 4.99 Å². The lowest BCUT2D eigenvalue weighted by molar-refractivity contribution is 0.0205. The van der Waals surface area contributed by atoms with Crippen molar-refractivity contribution in [2.45, 2.75) is 40.3 Å². The summed E-state index contributed by atoms with van der Waals surface area (Å²) in [6.45, 7) is 9.44. The van der Waals surface area contributed by atoms with E-state index in [2.05, 4.69) is 36.4 Å². The van der Waals surface area contributed by atoms with Crippen molar-refractivity contribution in [2.24, 2.45) is 10.4 Å². The molecule has 6 heteroatoms. The first-order valence-corrected chi connectivity index (χ1v) is 7.50. The smallest absolute Gasteiger partial charge is 0.191 e. The van der Waals surface area contributed by atoms with Crippen molar-refractivity contribution in [1.29, 1.82) is 0 Å². The highest BCUT2D eigenvalue weighted by molar-refractivity contribution is 14.0. The standard InChI is InChI=1S/C17H28FN3O.HI/c1-12-9-13(7-8-14(12)18)10-20-16(19-5)21-11-15(22-6)17(2,3)4;/h7-9,15H,10-11H2,1-6H3,(H2,19,20,21);1H. The molecule has 0 bridgehead atoms. The van der Waals surface area contributed by atoms with E-state index in [1.165, 1.54) is 6.07 Å². The Morgan fingerprint density at radius 3 is 2.43 bits per heavy atom.